The summed E-state index contributed by atoms with van der Waals surface area (Å²) >= 11 is 0. The van der Waals surface area contributed by atoms with Gasteiger partial charge in [-0.15, -0.1) is 0 Å². The van der Waals surface area contributed by atoms with E-state index < -0.39 is 40.4 Å². The number of Topliss-reactive ketones (excluding diaryl/α,β-unsaturated/α-hetero) is 1. The Balaban J connectivity index is 2.18. The molecule has 3 rings (SSSR count). The van der Waals surface area contributed by atoms with Gasteiger partial charge in [0, 0.05) is 11.2 Å². The lowest BCUT2D eigenvalue weighted by Gasteiger charge is -2.21. The van der Waals surface area contributed by atoms with Gasteiger partial charge < -0.3 is 20.5 Å². The Morgan fingerprint density at radius 3 is 2.44 bits per heavy atom. The molecule has 0 aliphatic rings. The highest BCUT2D eigenvalue weighted by Gasteiger charge is 2.39. The number of aryl methyl sites for hydroxylation is 2. The fourth-order valence-electron chi connectivity index (χ4n) is 3.36. The Bertz CT molecular complexity index is 1420. The maximum absolute atomic E-state index is 13.6. The van der Waals surface area contributed by atoms with Crippen LogP contribution in [0.25, 0.3) is 11.0 Å². The second-order valence-corrected chi connectivity index (χ2v) is 9.39. The van der Waals surface area contributed by atoms with E-state index in [1.165, 1.54) is 0 Å². The number of hydrazone groups is 1. The van der Waals surface area contributed by atoms with Gasteiger partial charge >= 0.3 is 5.97 Å². The van der Waals surface area contributed by atoms with Gasteiger partial charge in [-0.1, -0.05) is 24.3 Å². The second-order valence-electron chi connectivity index (χ2n) is 9.39. The fraction of sp³-hybridized carbons (Fsp3) is 0.308. The van der Waals surface area contributed by atoms with Gasteiger partial charge in [0.15, 0.2) is 5.71 Å². The summed E-state index contributed by atoms with van der Waals surface area (Å²) in [5, 5.41) is 6.69. The molecule has 1 aromatic heterocycles. The Hall–Kier alpha value is -4.34. The van der Waals surface area contributed by atoms with Crippen LogP contribution in [0.3, 0.4) is 0 Å². The van der Waals surface area contributed by atoms with Crippen LogP contribution in [0.5, 0.6) is 0 Å². The molecule has 10 nitrogen and oxygen atoms in total. The number of carbonyl (C=O) groups is 3. The van der Waals surface area contributed by atoms with Gasteiger partial charge in [0.05, 0.1) is 18.1 Å². The average Bonchev–Trinajstić information content (AvgIpc) is 2.82. The van der Waals surface area contributed by atoms with E-state index in [1.807, 2.05) is 13.0 Å². The van der Waals surface area contributed by atoms with E-state index in [4.69, 9.17) is 4.74 Å². The quantitative estimate of drug-likeness (QED) is 0.200. The Labute approximate surface area is 208 Å². The summed E-state index contributed by atoms with van der Waals surface area (Å²) in [4.78, 5) is 59.6. The highest BCUT2D eigenvalue weighted by Crippen LogP contribution is 2.21. The largest absolute Gasteiger partial charge is 0.464 e. The van der Waals surface area contributed by atoms with Crippen molar-refractivity contribution in [3.8, 4) is 0 Å². The minimum Gasteiger partial charge on any atom is -0.464 e. The van der Waals surface area contributed by atoms with Gasteiger partial charge in [-0.2, -0.15) is 5.10 Å². The molecular formula is C26H29N5O5. The summed E-state index contributed by atoms with van der Waals surface area (Å²) in [7, 11) is 1.12. The van der Waals surface area contributed by atoms with Gasteiger partial charge in [0.2, 0.25) is 5.78 Å². The molecule has 0 saturated carbocycles. The number of amides is 1. The number of rotatable bonds is 7. The summed E-state index contributed by atoms with van der Waals surface area (Å²) in [6.07, 6.45) is 0. The van der Waals surface area contributed by atoms with E-state index in [1.54, 1.807) is 64.1 Å². The van der Waals surface area contributed by atoms with Crippen LogP contribution in [0.15, 0.2) is 52.4 Å². The number of methoxy groups -OCH3 is 1. The predicted molar refractivity (Wildman–Crippen MR) is 137 cm³/mol. The number of benzene rings is 2. The lowest BCUT2D eigenvalue weighted by atomic mass is 9.93. The highest BCUT2D eigenvalue weighted by molar-refractivity contribution is 6.53. The fourth-order valence-corrected chi connectivity index (χ4v) is 3.36. The second kappa shape index (κ2) is 10.5. The first kappa shape index (κ1) is 26.3. The van der Waals surface area contributed by atoms with Crippen LogP contribution in [0.2, 0.25) is 0 Å². The average molecular weight is 492 g/mol. The number of hydrogen-bond acceptors (Lipinski definition) is 8. The monoisotopic (exact) mass is 491 g/mol. The third kappa shape index (κ3) is 6.01. The maximum Gasteiger partial charge on any atom is 0.355 e. The van der Waals surface area contributed by atoms with Crippen molar-refractivity contribution in [3.63, 3.8) is 0 Å². The molecule has 0 spiro atoms. The zero-order valence-corrected chi connectivity index (χ0v) is 21.1. The van der Waals surface area contributed by atoms with Gasteiger partial charge in [-0.25, -0.2) is 9.78 Å². The molecule has 36 heavy (non-hydrogen) atoms. The summed E-state index contributed by atoms with van der Waals surface area (Å²) in [6, 6.07) is 12.1. The molecule has 0 bridgehead atoms. The molecule has 1 heterocycles. The van der Waals surface area contributed by atoms with Gasteiger partial charge in [-0.05, 0) is 63.9 Å². The molecule has 188 valence electrons. The number of aromatic nitrogens is 2. The third-order valence-electron chi connectivity index (χ3n) is 5.21. The summed E-state index contributed by atoms with van der Waals surface area (Å²) in [5.41, 5.74) is 3.44. The third-order valence-corrected chi connectivity index (χ3v) is 5.21. The molecule has 1 atom stereocenters. The smallest absolute Gasteiger partial charge is 0.355 e. The lowest BCUT2D eigenvalue weighted by molar-refractivity contribution is -0.136. The molecule has 10 heteroatoms. The predicted octanol–water partition coefficient (Wildman–Crippen LogP) is 2.75. The molecule has 2 aromatic carbocycles. The molecule has 0 aliphatic heterocycles. The number of fused-ring (bicyclic) bond motifs is 1. The topological polar surface area (TPSA) is 143 Å². The van der Waals surface area contributed by atoms with Crippen molar-refractivity contribution in [2.45, 2.75) is 46.1 Å². The number of esters is 1. The molecule has 0 radical (unpaired) electrons. The van der Waals surface area contributed by atoms with Crippen LogP contribution >= 0.6 is 0 Å². The van der Waals surface area contributed by atoms with Crippen LogP contribution in [0, 0.1) is 13.8 Å². The van der Waals surface area contributed by atoms with Crippen molar-refractivity contribution in [3.05, 3.63) is 69.6 Å². The van der Waals surface area contributed by atoms with Gasteiger partial charge in [0.1, 0.15) is 11.6 Å². The number of nitrogens with one attached hydrogen (secondary N) is 3. The van der Waals surface area contributed by atoms with Crippen LogP contribution in [-0.2, 0) is 19.1 Å². The number of anilines is 1. The van der Waals surface area contributed by atoms with E-state index in [0.29, 0.717) is 16.7 Å². The molecule has 1 amide bonds. The first-order chi connectivity index (χ1) is 16.9. The molecule has 0 fully saturated rings. The molecule has 0 saturated heterocycles. The molecule has 0 unspecified atom stereocenters. The molecule has 3 aromatic rings. The van der Waals surface area contributed by atoms with Crippen molar-refractivity contribution < 1.29 is 19.1 Å². The van der Waals surface area contributed by atoms with Crippen LogP contribution in [0.4, 0.5) is 5.69 Å². The number of aromatic amines is 1. The minimum absolute atomic E-state index is 0.352. The Morgan fingerprint density at radius 2 is 1.78 bits per heavy atom. The van der Waals surface area contributed by atoms with Crippen molar-refractivity contribution in [1.29, 1.82) is 0 Å². The van der Waals surface area contributed by atoms with Crippen molar-refractivity contribution in [2.75, 3.05) is 12.4 Å². The maximum atomic E-state index is 13.6. The van der Waals surface area contributed by atoms with Crippen molar-refractivity contribution >= 4 is 40.1 Å². The first-order valence-electron chi connectivity index (χ1n) is 11.3. The number of para-hydroxylation sites is 2. The van der Waals surface area contributed by atoms with Crippen LogP contribution < -0.4 is 16.3 Å². The number of nitrogens with zero attached hydrogens (tertiary/aromatic N) is 2. The summed E-state index contributed by atoms with van der Waals surface area (Å²) < 4.78 is 4.86. The zero-order valence-electron chi connectivity index (χ0n) is 21.1. The number of ketones is 1. The molecule has 3 N–H and O–H groups in total. The Morgan fingerprint density at radius 1 is 1.08 bits per heavy atom. The molecule has 0 aliphatic carbocycles. The SMILES string of the molecule is COC(=O)/C(=N\NC(C)(C)C)[C@H](C(=O)C(=O)Nc1cc(C)ccc1C)c1nc2ccccc2[nH]c1=O. The van der Waals surface area contributed by atoms with Crippen molar-refractivity contribution in [2.24, 2.45) is 5.10 Å². The highest BCUT2D eigenvalue weighted by atomic mass is 16.5. The van der Waals surface area contributed by atoms with Crippen LogP contribution in [0.1, 0.15) is 43.5 Å². The number of ether oxygens (including phenoxy) is 1. The Kier molecular flexibility index (Phi) is 7.67. The van der Waals surface area contributed by atoms with Crippen LogP contribution in [-0.4, -0.2) is 46.0 Å². The van der Waals surface area contributed by atoms with E-state index in [9.17, 15) is 19.2 Å². The standard InChI is InChI=1S/C26H29N5O5/c1-14-11-12-15(2)18(13-14)29-24(34)22(32)19(21(25(35)36-6)30-31-26(3,4)5)20-23(33)28-17-10-8-7-9-16(17)27-20/h7-13,19,31H,1-6H3,(H,28,33)(H,29,34)/b30-21-/t19-/m1/s1. The summed E-state index contributed by atoms with van der Waals surface area (Å²) in [5.74, 6) is -4.84. The van der Waals surface area contributed by atoms with Crippen molar-refractivity contribution in [1.82, 2.24) is 15.4 Å². The zero-order chi connectivity index (χ0) is 26.6. The molecular weight excluding hydrogens is 462 g/mol. The number of carbonyl (C=O) groups excluding carboxylic acids is 3. The van der Waals surface area contributed by atoms with E-state index in [0.717, 1.165) is 18.2 Å². The lowest BCUT2D eigenvalue weighted by Crippen LogP contribution is -2.42. The summed E-state index contributed by atoms with van der Waals surface area (Å²) in [6.45, 7) is 8.99. The van der Waals surface area contributed by atoms with Gasteiger partial charge in [-0.3, -0.25) is 14.4 Å². The first-order valence-corrected chi connectivity index (χ1v) is 11.3. The number of hydrogen-bond donors (Lipinski definition) is 3. The van der Waals surface area contributed by atoms with E-state index in [-0.39, 0.29) is 5.69 Å². The van der Waals surface area contributed by atoms with E-state index >= 15 is 0 Å². The van der Waals surface area contributed by atoms with E-state index in [2.05, 4.69) is 25.8 Å². The number of H-pyrrole nitrogens is 1. The van der Waals surface area contributed by atoms with Gasteiger partial charge in [0.25, 0.3) is 11.5 Å². The normalized spacial score (nSPS) is 12.7. The minimum atomic E-state index is -1.73.